The van der Waals surface area contributed by atoms with Crippen molar-refractivity contribution < 1.29 is 14.7 Å². The Bertz CT molecular complexity index is 647. The van der Waals surface area contributed by atoms with Crippen molar-refractivity contribution in [2.75, 3.05) is 18.8 Å². The molecule has 1 amide bonds. The van der Waals surface area contributed by atoms with Crippen molar-refractivity contribution in [2.24, 2.45) is 5.92 Å². The van der Waals surface area contributed by atoms with Crippen molar-refractivity contribution in [1.82, 2.24) is 9.88 Å². The predicted octanol–water partition coefficient (Wildman–Crippen LogP) is 2.32. The van der Waals surface area contributed by atoms with Crippen LogP contribution in [0.5, 0.6) is 0 Å². The molecule has 1 aliphatic rings. The van der Waals surface area contributed by atoms with Gasteiger partial charge in [-0.15, -0.1) is 11.3 Å². The molecule has 0 unspecified atom stereocenters. The Morgan fingerprint density at radius 3 is 2.86 bits per heavy atom. The van der Waals surface area contributed by atoms with Crippen LogP contribution >= 0.6 is 23.1 Å². The summed E-state index contributed by atoms with van der Waals surface area (Å²) in [5.41, 5.74) is 0.961. The molecule has 1 aromatic heterocycles. The average Bonchev–Trinajstić information content (AvgIpc) is 2.82. The average molecular weight is 322 g/mol. The summed E-state index contributed by atoms with van der Waals surface area (Å²) in [7, 11) is 0. The number of hydrogen-bond donors (Lipinski definition) is 1. The highest BCUT2D eigenvalue weighted by Gasteiger charge is 2.31. The number of para-hydroxylation sites is 1. The van der Waals surface area contributed by atoms with Gasteiger partial charge in [0, 0.05) is 19.0 Å². The van der Waals surface area contributed by atoms with Crippen molar-refractivity contribution in [3.05, 3.63) is 24.3 Å². The highest BCUT2D eigenvalue weighted by atomic mass is 32.2. The Kier molecular flexibility index (Phi) is 4.12. The molecule has 1 aliphatic heterocycles. The van der Waals surface area contributed by atoms with E-state index in [1.165, 1.54) is 11.8 Å². The molecule has 2 heterocycles. The second kappa shape index (κ2) is 6.03. The number of carboxylic acid groups (broad SMARTS) is 1. The molecule has 110 valence electrons. The minimum atomic E-state index is -0.795. The number of carbonyl (C=O) groups is 2. The van der Waals surface area contributed by atoms with Crippen LogP contribution in [0.25, 0.3) is 10.2 Å². The highest BCUT2D eigenvalue weighted by Crippen LogP contribution is 2.30. The molecule has 0 saturated carbocycles. The lowest BCUT2D eigenvalue weighted by Gasteiger charge is -2.38. The number of benzene rings is 1. The van der Waals surface area contributed by atoms with Crippen molar-refractivity contribution in [2.45, 2.75) is 10.8 Å². The lowest BCUT2D eigenvalue weighted by Crippen LogP contribution is -2.51. The number of thiazole rings is 1. The molecule has 1 fully saturated rings. The van der Waals surface area contributed by atoms with Crippen molar-refractivity contribution in [3.63, 3.8) is 0 Å². The zero-order valence-corrected chi connectivity index (χ0v) is 12.8. The van der Waals surface area contributed by atoms with Crippen LogP contribution in [0.4, 0.5) is 0 Å². The van der Waals surface area contributed by atoms with E-state index in [9.17, 15) is 9.59 Å². The van der Waals surface area contributed by atoms with Gasteiger partial charge in [0.2, 0.25) is 5.91 Å². The maximum Gasteiger partial charge on any atom is 0.303 e. The second-order valence-corrected chi connectivity index (χ2v) is 7.25. The summed E-state index contributed by atoms with van der Waals surface area (Å²) in [5.74, 6) is -0.268. The predicted molar refractivity (Wildman–Crippen MR) is 82.7 cm³/mol. The molecule has 0 radical (unpaired) electrons. The van der Waals surface area contributed by atoms with Gasteiger partial charge in [-0.25, -0.2) is 4.98 Å². The smallest absolute Gasteiger partial charge is 0.303 e. The minimum Gasteiger partial charge on any atom is -0.481 e. The number of carbonyl (C=O) groups excluding carboxylic acids is 1. The van der Waals surface area contributed by atoms with Gasteiger partial charge in [-0.1, -0.05) is 23.9 Å². The van der Waals surface area contributed by atoms with Gasteiger partial charge >= 0.3 is 5.97 Å². The van der Waals surface area contributed by atoms with Gasteiger partial charge in [0.15, 0.2) is 4.34 Å². The van der Waals surface area contributed by atoms with E-state index in [1.54, 1.807) is 16.2 Å². The van der Waals surface area contributed by atoms with Crippen LogP contribution in [-0.4, -0.2) is 45.7 Å². The molecule has 7 heteroatoms. The summed E-state index contributed by atoms with van der Waals surface area (Å²) in [6.07, 6.45) is 0.148. The Morgan fingerprint density at radius 1 is 1.38 bits per heavy atom. The first-order valence-corrected chi connectivity index (χ1v) is 8.40. The fourth-order valence-corrected chi connectivity index (χ4v) is 4.25. The Hall–Kier alpha value is -1.60. The highest BCUT2D eigenvalue weighted by molar-refractivity contribution is 8.01. The van der Waals surface area contributed by atoms with Gasteiger partial charge in [-0.3, -0.25) is 9.59 Å². The third kappa shape index (κ3) is 3.36. The van der Waals surface area contributed by atoms with Crippen LogP contribution in [-0.2, 0) is 9.59 Å². The number of aliphatic carboxylic acids is 1. The van der Waals surface area contributed by atoms with Crippen LogP contribution in [0, 0.1) is 5.92 Å². The Balaban J connectivity index is 1.49. The third-order valence-corrected chi connectivity index (χ3v) is 5.53. The fourth-order valence-electron chi connectivity index (χ4n) is 2.28. The fraction of sp³-hybridized carbons (Fsp3) is 0.357. The van der Waals surface area contributed by atoms with Crippen molar-refractivity contribution >= 4 is 45.2 Å². The maximum atomic E-state index is 12.0. The topological polar surface area (TPSA) is 70.5 Å². The van der Waals surface area contributed by atoms with Crippen LogP contribution in [0.15, 0.2) is 28.6 Å². The van der Waals surface area contributed by atoms with Crippen LogP contribution < -0.4 is 0 Å². The summed E-state index contributed by atoms with van der Waals surface area (Å²) < 4.78 is 2.02. The summed E-state index contributed by atoms with van der Waals surface area (Å²) in [5, 5.41) is 8.68. The largest absolute Gasteiger partial charge is 0.481 e. The number of hydrogen-bond acceptors (Lipinski definition) is 5. The van der Waals surface area contributed by atoms with Crippen LogP contribution in [0.1, 0.15) is 6.42 Å². The van der Waals surface area contributed by atoms with E-state index in [0.29, 0.717) is 18.8 Å². The lowest BCUT2D eigenvalue weighted by molar-refractivity contribution is -0.143. The molecule has 0 aliphatic carbocycles. The van der Waals surface area contributed by atoms with Gasteiger partial charge in [0.1, 0.15) is 0 Å². The molecule has 0 spiro atoms. The van der Waals surface area contributed by atoms with Gasteiger partial charge in [-0.05, 0) is 12.1 Å². The number of aromatic nitrogens is 1. The Morgan fingerprint density at radius 2 is 2.14 bits per heavy atom. The number of amides is 1. The quantitative estimate of drug-likeness (QED) is 0.856. The normalized spacial score (nSPS) is 15.1. The number of carboxylic acids is 1. The molecule has 0 atom stereocenters. The third-order valence-electron chi connectivity index (χ3n) is 3.37. The first-order valence-electron chi connectivity index (χ1n) is 6.60. The van der Waals surface area contributed by atoms with E-state index in [0.717, 1.165) is 14.6 Å². The van der Waals surface area contributed by atoms with E-state index >= 15 is 0 Å². The molecule has 5 nitrogen and oxygen atoms in total. The summed E-state index contributed by atoms with van der Waals surface area (Å²) in [6, 6.07) is 7.90. The number of rotatable bonds is 5. The van der Waals surface area contributed by atoms with Gasteiger partial charge < -0.3 is 10.0 Å². The van der Waals surface area contributed by atoms with Crippen LogP contribution in [0.2, 0.25) is 0 Å². The molecule has 2 aromatic rings. The standard InChI is InChI=1S/C14H14N2O3S2/c17-12(16-6-9(7-16)5-13(18)19)8-20-14-15-10-3-1-2-4-11(10)21-14/h1-4,9H,5-8H2,(H,18,19). The van der Waals surface area contributed by atoms with Crippen molar-refractivity contribution in [3.8, 4) is 0 Å². The SMILES string of the molecule is O=C(O)CC1CN(C(=O)CSc2nc3ccccc3s2)C1. The summed E-state index contributed by atoms with van der Waals surface area (Å²) in [6.45, 7) is 1.12. The molecule has 1 aromatic carbocycles. The minimum absolute atomic E-state index is 0.0564. The molecular formula is C14H14N2O3S2. The zero-order valence-electron chi connectivity index (χ0n) is 11.2. The van der Waals surface area contributed by atoms with E-state index in [1.807, 2.05) is 24.3 Å². The van der Waals surface area contributed by atoms with Gasteiger partial charge in [0.05, 0.1) is 22.4 Å². The maximum absolute atomic E-state index is 12.0. The number of fused-ring (bicyclic) bond motifs is 1. The van der Waals surface area contributed by atoms with Crippen molar-refractivity contribution in [1.29, 1.82) is 0 Å². The second-order valence-electron chi connectivity index (χ2n) is 5.00. The van der Waals surface area contributed by atoms with E-state index in [-0.39, 0.29) is 18.2 Å². The zero-order chi connectivity index (χ0) is 14.8. The molecule has 1 saturated heterocycles. The molecule has 3 rings (SSSR count). The van der Waals surface area contributed by atoms with E-state index in [4.69, 9.17) is 5.11 Å². The number of thioether (sulfide) groups is 1. The molecular weight excluding hydrogens is 308 g/mol. The number of nitrogens with zero attached hydrogens (tertiary/aromatic N) is 2. The van der Waals surface area contributed by atoms with E-state index < -0.39 is 5.97 Å². The van der Waals surface area contributed by atoms with Gasteiger partial charge in [0.25, 0.3) is 0 Å². The summed E-state index contributed by atoms with van der Waals surface area (Å²) >= 11 is 3.04. The first-order chi connectivity index (χ1) is 10.1. The summed E-state index contributed by atoms with van der Waals surface area (Å²) in [4.78, 5) is 28.7. The molecule has 21 heavy (non-hydrogen) atoms. The first kappa shape index (κ1) is 14.3. The molecule has 1 N–H and O–H groups in total. The lowest BCUT2D eigenvalue weighted by atomic mass is 9.96. The molecule has 0 bridgehead atoms. The number of likely N-dealkylation sites (tertiary alicyclic amines) is 1. The van der Waals surface area contributed by atoms with Gasteiger partial charge in [-0.2, -0.15) is 0 Å². The van der Waals surface area contributed by atoms with E-state index in [2.05, 4.69) is 4.98 Å². The van der Waals surface area contributed by atoms with Crippen LogP contribution in [0.3, 0.4) is 0 Å². The Labute approximate surface area is 130 Å². The monoisotopic (exact) mass is 322 g/mol.